The zero-order valence-corrected chi connectivity index (χ0v) is 10.9. The third kappa shape index (κ3) is 2.89. The maximum absolute atomic E-state index is 11.5. The summed E-state index contributed by atoms with van der Waals surface area (Å²) in [6.07, 6.45) is 1.70. The van der Waals surface area contributed by atoms with Crippen molar-refractivity contribution < 1.29 is 9.59 Å². The zero-order chi connectivity index (χ0) is 12.4. The van der Waals surface area contributed by atoms with E-state index in [-0.39, 0.29) is 24.4 Å². The zero-order valence-electron chi connectivity index (χ0n) is 9.31. The number of carbonyl (C=O) groups is 2. The van der Waals surface area contributed by atoms with Gasteiger partial charge in [-0.15, -0.1) is 0 Å². The van der Waals surface area contributed by atoms with Crippen LogP contribution in [-0.4, -0.2) is 34.3 Å². The van der Waals surface area contributed by atoms with E-state index in [2.05, 4.69) is 26.2 Å². The van der Waals surface area contributed by atoms with Crippen LogP contribution in [0.4, 0.5) is 0 Å². The van der Waals surface area contributed by atoms with Crippen LogP contribution in [0, 0.1) is 0 Å². The van der Waals surface area contributed by atoms with E-state index in [1.54, 1.807) is 18.0 Å². The van der Waals surface area contributed by atoms with E-state index >= 15 is 0 Å². The topological polar surface area (TPSA) is 62.3 Å². The Labute approximate surface area is 107 Å². The van der Waals surface area contributed by atoms with Gasteiger partial charge in [-0.05, 0) is 35.0 Å². The molecule has 0 radical (unpaired) electrons. The number of amides is 2. The molecule has 1 atom stereocenters. The molecule has 1 aliphatic rings. The second kappa shape index (κ2) is 4.93. The number of nitrogens with zero attached hydrogens (tertiary/aromatic N) is 2. The van der Waals surface area contributed by atoms with Crippen molar-refractivity contribution in [3.8, 4) is 0 Å². The first-order chi connectivity index (χ1) is 8.06. The second-order valence-corrected chi connectivity index (χ2v) is 4.88. The molecule has 1 fully saturated rings. The minimum atomic E-state index is -0.307. The maximum Gasteiger partial charge on any atom is 0.243 e. The summed E-state index contributed by atoms with van der Waals surface area (Å²) in [5.74, 6) is -0.511. The summed E-state index contributed by atoms with van der Waals surface area (Å²) in [5.41, 5.74) is 0.836. The summed E-state index contributed by atoms with van der Waals surface area (Å²) >= 11 is 3.31. The maximum atomic E-state index is 11.5. The van der Waals surface area contributed by atoms with Crippen LogP contribution in [0.5, 0.6) is 0 Å². The number of piperazine rings is 1. The highest BCUT2D eigenvalue weighted by atomic mass is 79.9. The molecule has 2 amide bonds. The molecule has 1 N–H and O–H groups in total. The number of nitrogens with one attached hydrogen (secondary N) is 1. The lowest BCUT2D eigenvalue weighted by Gasteiger charge is -2.31. The lowest BCUT2D eigenvalue weighted by molar-refractivity contribution is -0.139. The van der Waals surface area contributed by atoms with E-state index in [1.165, 1.54) is 0 Å². The molecule has 1 unspecified atom stereocenters. The van der Waals surface area contributed by atoms with Crippen molar-refractivity contribution in [2.24, 2.45) is 0 Å². The molecule has 0 aromatic carbocycles. The number of aromatic nitrogens is 1. The quantitative estimate of drug-likeness (QED) is 0.816. The van der Waals surface area contributed by atoms with Crippen LogP contribution in [0.3, 0.4) is 0 Å². The van der Waals surface area contributed by atoms with E-state index in [1.807, 2.05) is 12.1 Å². The first-order valence-electron chi connectivity index (χ1n) is 5.24. The molecule has 1 aromatic rings. The molecule has 90 valence electrons. The Morgan fingerprint density at radius 2 is 2.29 bits per heavy atom. The van der Waals surface area contributed by atoms with Gasteiger partial charge in [0, 0.05) is 17.2 Å². The van der Waals surface area contributed by atoms with E-state index < -0.39 is 0 Å². The Hall–Kier alpha value is -1.27. The van der Waals surface area contributed by atoms with Gasteiger partial charge in [-0.2, -0.15) is 0 Å². The molecule has 0 bridgehead atoms. The third-order valence-corrected chi connectivity index (χ3v) is 3.16. The first kappa shape index (κ1) is 12.2. The molecule has 5 nitrogen and oxygen atoms in total. The number of pyridine rings is 1. The summed E-state index contributed by atoms with van der Waals surface area (Å²) in [5, 5.41) is 2.31. The number of hydrogen-bond donors (Lipinski definition) is 1. The van der Waals surface area contributed by atoms with Crippen LogP contribution in [0.2, 0.25) is 0 Å². The van der Waals surface area contributed by atoms with Crippen molar-refractivity contribution in [3.63, 3.8) is 0 Å². The van der Waals surface area contributed by atoms with E-state index in [0.717, 1.165) is 10.2 Å². The molecule has 2 heterocycles. The largest absolute Gasteiger partial charge is 0.294 e. The predicted molar refractivity (Wildman–Crippen MR) is 65.0 cm³/mol. The average Bonchev–Trinajstić information content (AvgIpc) is 2.28. The Kier molecular flexibility index (Phi) is 3.54. The summed E-state index contributed by atoms with van der Waals surface area (Å²) < 4.78 is 0.904. The van der Waals surface area contributed by atoms with Crippen molar-refractivity contribution in [1.29, 1.82) is 0 Å². The number of imide groups is 1. The van der Waals surface area contributed by atoms with Crippen LogP contribution in [-0.2, 0) is 16.1 Å². The Balaban J connectivity index is 2.09. The van der Waals surface area contributed by atoms with E-state index in [0.29, 0.717) is 6.54 Å². The van der Waals surface area contributed by atoms with E-state index in [4.69, 9.17) is 0 Å². The molecule has 2 rings (SSSR count). The average molecular weight is 298 g/mol. The van der Waals surface area contributed by atoms with Crippen molar-refractivity contribution >= 4 is 27.7 Å². The normalized spacial score (nSPS) is 21.4. The minimum Gasteiger partial charge on any atom is -0.294 e. The van der Waals surface area contributed by atoms with Gasteiger partial charge in [0.25, 0.3) is 0 Å². The summed E-state index contributed by atoms with van der Waals surface area (Å²) in [4.78, 5) is 28.8. The Morgan fingerprint density at radius 3 is 2.94 bits per heavy atom. The number of carbonyl (C=O) groups excluding carboxylic acids is 2. The first-order valence-corrected chi connectivity index (χ1v) is 6.04. The predicted octanol–water partition coefficient (Wildman–Crippen LogP) is 0.691. The summed E-state index contributed by atoms with van der Waals surface area (Å²) in [6, 6.07) is 3.45. The summed E-state index contributed by atoms with van der Waals surface area (Å²) in [6.45, 7) is 2.50. The van der Waals surface area contributed by atoms with Crippen LogP contribution in [0.1, 0.15) is 12.6 Å². The van der Waals surface area contributed by atoms with Gasteiger partial charge in [0.05, 0.1) is 18.3 Å². The van der Waals surface area contributed by atoms with Gasteiger partial charge in [0.15, 0.2) is 0 Å². The Morgan fingerprint density at radius 1 is 1.53 bits per heavy atom. The van der Waals surface area contributed by atoms with Crippen molar-refractivity contribution in [1.82, 2.24) is 15.2 Å². The molecule has 1 saturated heterocycles. The van der Waals surface area contributed by atoms with Crippen LogP contribution >= 0.6 is 15.9 Å². The number of hydrogen-bond acceptors (Lipinski definition) is 4. The van der Waals surface area contributed by atoms with Gasteiger partial charge in [0.1, 0.15) is 0 Å². The SMILES string of the molecule is CC1C(=O)NC(=O)CN1Cc1ccc(Br)cn1. The van der Waals surface area contributed by atoms with Gasteiger partial charge < -0.3 is 0 Å². The standard InChI is InChI=1S/C11H12BrN3O2/c1-7-11(17)14-10(16)6-15(7)5-9-3-2-8(12)4-13-9/h2-4,7H,5-6H2,1H3,(H,14,16,17). The monoisotopic (exact) mass is 297 g/mol. The highest BCUT2D eigenvalue weighted by Crippen LogP contribution is 2.12. The summed E-state index contributed by atoms with van der Waals surface area (Å²) in [7, 11) is 0. The molecule has 1 aromatic heterocycles. The van der Waals surface area contributed by atoms with Crippen molar-refractivity contribution in [3.05, 3.63) is 28.5 Å². The highest BCUT2D eigenvalue weighted by Gasteiger charge is 2.30. The molecular formula is C11H12BrN3O2. The fourth-order valence-electron chi connectivity index (χ4n) is 1.67. The molecule has 17 heavy (non-hydrogen) atoms. The van der Waals surface area contributed by atoms with Gasteiger partial charge in [-0.25, -0.2) is 0 Å². The van der Waals surface area contributed by atoms with Crippen molar-refractivity contribution in [2.75, 3.05) is 6.54 Å². The highest BCUT2D eigenvalue weighted by molar-refractivity contribution is 9.10. The molecule has 1 aliphatic heterocycles. The second-order valence-electron chi connectivity index (χ2n) is 3.96. The van der Waals surface area contributed by atoms with Gasteiger partial charge in [0.2, 0.25) is 11.8 Å². The van der Waals surface area contributed by atoms with E-state index in [9.17, 15) is 9.59 Å². The third-order valence-electron chi connectivity index (χ3n) is 2.69. The number of halogens is 1. The fraction of sp³-hybridized carbons (Fsp3) is 0.364. The van der Waals surface area contributed by atoms with Crippen LogP contribution < -0.4 is 5.32 Å². The fourth-order valence-corrected chi connectivity index (χ4v) is 1.90. The van der Waals surface area contributed by atoms with Crippen LogP contribution in [0.25, 0.3) is 0 Å². The molecule has 6 heteroatoms. The van der Waals surface area contributed by atoms with Gasteiger partial charge in [-0.3, -0.25) is 24.8 Å². The van der Waals surface area contributed by atoms with Gasteiger partial charge >= 0.3 is 0 Å². The molecule has 0 saturated carbocycles. The molecular weight excluding hydrogens is 286 g/mol. The Bertz CT molecular complexity index is 447. The van der Waals surface area contributed by atoms with Crippen LogP contribution in [0.15, 0.2) is 22.8 Å². The number of rotatable bonds is 2. The smallest absolute Gasteiger partial charge is 0.243 e. The van der Waals surface area contributed by atoms with Gasteiger partial charge in [-0.1, -0.05) is 0 Å². The molecule has 0 aliphatic carbocycles. The minimum absolute atomic E-state index is 0.227. The van der Waals surface area contributed by atoms with Crippen molar-refractivity contribution in [2.45, 2.75) is 19.5 Å². The lowest BCUT2D eigenvalue weighted by Crippen LogP contribution is -2.56. The molecule has 0 spiro atoms. The lowest BCUT2D eigenvalue weighted by atomic mass is 10.2.